The van der Waals surface area contributed by atoms with Crippen LogP contribution in [0.2, 0.25) is 0 Å². The number of carbonyl (C=O) groups is 1. The molecule has 4 aromatic rings. The summed E-state index contributed by atoms with van der Waals surface area (Å²) in [6.07, 6.45) is 7.10. The molecule has 1 amide bonds. The van der Waals surface area contributed by atoms with Crippen molar-refractivity contribution in [3.8, 4) is 0 Å². The van der Waals surface area contributed by atoms with Crippen molar-refractivity contribution in [1.29, 1.82) is 0 Å². The SMILES string of the molecule is CC1CCN(Cc2cc3ccc(Cn4ccc5c(C(N)=O)cncc5c4=O)cc3[nH]2)C(C)C1. The second-order valence-electron chi connectivity index (χ2n) is 9.43. The Kier molecular flexibility index (Phi) is 5.50. The minimum Gasteiger partial charge on any atom is -0.366 e. The van der Waals surface area contributed by atoms with Crippen molar-refractivity contribution in [2.24, 2.45) is 11.7 Å². The Hall–Kier alpha value is -3.45. The first kappa shape index (κ1) is 21.4. The fourth-order valence-electron chi connectivity index (χ4n) is 5.05. The first-order valence-corrected chi connectivity index (χ1v) is 11.5. The number of piperidine rings is 1. The smallest absolute Gasteiger partial charge is 0.260 e. The number of carbonyl (C=O) groups excluding carboxylic acids is 1. The summed E-state index contributed by atoms with van der Waals surface area (Å²) >= 11 is 0. The van der Waals surface area contributed by atoms with E-state index in [4.69, 9.17) is 5.73 Å². The van der Waals surface area contributed by atoms with E-state index >= 15 is 0 Å². The number of aromatic nitrogens is 3. The van der Waals surface area contributed by atoms with Crippen LogP contribution in [0.4, 0.5) is 0 Å². The summed E-state index contributed by atoms with van der Waals surface area (Å²) < 4.78 is 1.64. The molecule has 4 heterocycles. The molecule has 1 fully saturated rings. The lowest BCUT2D eigenvalue weighted by molar-refractivity contribution is 0.100. The third-order valence-electron chi connectivity index (χ3n) is 6.91. The number of nitrogens with one attached hydrogen (secondary N) is 1. The third kappa shape index (κ3) is 4.16. The molecule has 7 nitrogen and oxygen atoms in total. The number of H-pyrrole nitrogens is 1. The van der Waals surface area contributed by atoms with Crippen LogP contribution in [-0.4, -0.2) is 37.9 Å². The number of amides is 1. The van der Waals surface area contributed by atoms with E-state index in [9.17, 15) is 9.59 Å². The number of likely N-dealkylation sites (tertiary alicyclic amines) is 1. The maximum atomic E-state index is 13.0. The molecule has 0 spiro atoms. The molecular weight excluding hydrogens is 414 g/mol. The maximum Gasteiger partial charge on any atom is 0.260 e. The highest BCUT2D eigenvalue weighted by atomic mass is 16.1. The molecule has 0 radical (unpaired) electrons. The number of nitrogens with zero attached hydrogens (tertiary/aromatic N) is 3. The molecule has 3 aromatic heterocycles. The topological polar surface area (TPSA) is 97.0 Å². The van der Waals surface area contributed by atoms with Crippen molar-refractivity contribution in [2.75, 3.05) is 6.54 Å². The minimum atomic E-state index is -0.591. The van der Waals surface area contributed by atoms with Gasteiger partial charge in [0.25, 0.3) is 11.5 Å². The summed E-state index contributed by atoms with van der Waals surface area (Å²) in [5.74, 6) is 0.213. The van der Waals surface area contributed by atoms with Gasteiger partial charge in [-0.15, -0.1) is 0 Å². The fourth-order valence-corrected chi connectivity index (χ4v) is 5.05. The molecule has 7 heteroatoms. The Balaban J connectivity index is 1.40. The van der Waals surface area contributed by atoms with Gasteiger partial charge in [0, 0.05) is 47.8 Å². The molecule has 5 rings (SSSR count). The van der Waals surface area contributed by atoms with Gasteiger partial charge in [-0.25, -0.2) is 0 Å². The molecular formula is C26H29N5O2. The molecule has 0 bridgehead atoms. The van der Waals surface area contributed by atoms with Gasteiger partial charge in [-0.2, -0.15) is 0 Å². The Labute approximate surface area is 192 Å². The summed E-state index contributed by atoms with van der Waals surface area (Å²) in [7, 11) is 0. The van der Waals surface area contributed by atoms with Crippen molar-refractivity contribution in [3.63, 3.8) is 0 Å². The van der Waals surface area contributed by atoms with Gasteiger partial charge in [-0.1, -0.05) is 19.1 Å². The zero-order valence-electron chi connectivity index (χ0n) is 19.0. The van der Waals surface area contributed by atoms with Crippen LogP contribution in [0.1, 0.15) is 48.3 Å². The van der Waals surface area contributed by atoms with Crippen molar-refractivity contribution >= 4 is 27.6 Å². The Bertz CT molecular complexity index is 1400. The number of hydrogen-bond donors (Lipinski definition) is 2. The molecule has 2 atom stereocenters. The third-order valence-corrected chi connectivity index (χ3v) is 6.91. The summed E-state index contributed by atoms with van der Waals surface area (Å²) in [5.41, 5.74) is 8.81. The predicted octanol–water partition coefficient (Wildman–Crippen LogP) is 3.65. The van der Waals surface area contributed by atoms with Crippen LogP contribution >= 0.6 is 0 Å². The number of primary amides is 1. The van der Waals surface area contributed by atoms with E-state index in [1.54, 1.807) is 16.8 Å². The van der Waals surface area contributed by atoms with E-state index in [-0.39, 0.29) is 11.1 Å². The van der Waals surface area contributed by atoms with E-state index in [1.807, 2.05) is 0 Å². The van der Waals surface area contributed by atoms with Crippen molar-refractivity contribution < 1.29 is 4.79 Å². The maximum absolute atomic E-state index is 13.0. The lowest BCUT2D eigenvalue weighted by atomic mass is 9.93. The molecule has 1 aliphatic rings. The number of hydrogen-bond acceptors (Lipinski definition) is 4. The van der Waals surface area contributed by atoms with Crippen LogP contribution < -0.4 is 11.3 Å². The van der Waals surface area contributed by atoms with Gasteiger partial charge in [0.05, 0.1) is 17.5 Å². The van der Waals surface area contributed by atoms with Gasteiger partial charge in [0.2, 0.25) is 0 Å². The minimum absolute atomic E-state index is 0.191. The number of aromatic amines is 1. The first-order chi connectivity index (χ1) is 15.9. The first-order valence-electron chi connectivity index (χ1n) is 11.5. The van der Waals surface area contributed by atoms with E-state index in [0.29, 0.717) is 23.4 Å². The molecule has 33 heavy (non-hydrogen) atoms. The lowest BCUT2D eigenvalue weighted by Gasteiger charge is -2.36. The normalized spacial score (nSPS) is 19.3. The molecule has 3 N–H and O–H groups in total. The van der Waals surface area contributed by atoms with E-state index in [1.165, 1.54) is 36.3 Å². The van der Waals surface area contributed by atoms with Gasteiger partial charge >= 0.3 is 0 Å². The standard InChI is InChI=1S/C26H29N5O2/c1-16-5-7-30(17(2)9-16)15-20-11-19-4-3-18(10-24(19)29-20)14-31-8-6-21-22(25(27)32)12-28-13-23(21)26(31)33/h3-4,6,8,10-13,16-17,29H,5,7,9,14-15H2,1-2H3,(H2,27,32). The van der Waals surface area contributed by atoms with Crippen LogP contribution in [-0.2, 0) is 13.1 Å². The molecule has 1 aromatic carbocycles. The number of nitrogens with two attached hydrogens (primary N) is 1. The molecule has 0 saturated carbocycles. The quantitative estimate of drug-likeness (QED) is 0.492. The summed E-state index contributed by atoms with van der Waals surface area (Å²) in [6, 6.07) is 10.8. The van der Waals surface area contributed by atoms with Gasteiger partial charge in [0.1, 0.15) is 0 Å². The van der Waals surface area contributed by atoms with Crippen LogP contribution in [0, 0.1) is 5.92 Å². The number of rotatable bonds is 5. The van der Waals surface area contributed by atoms with Gasteiger partial charge in [0.15, 0.2) is 0 Å². The number of pyridine rings is 2. The summed E-state index contributed by atoms with van der Waals surface area (Å²) in [5, 5.41) is 2.10. The Morgan fingerprint density at radius 2 is 2.00 bits per heavy atom. The molecule has 170 valence electrons. The fraction of sp³-hybridized carbons (Fsp3) is 0.346. The number of fused-ring (bicyclic) bond motifs is 2. The molecule has 2 unspecified atom stereocenters. The molecule has 1 aliphatic heterocycles. The highest BCUT2D eigenvalue weighted by Crippen LogP contribution is 2.25. The second-order valence-corrected chi connectivity index (χ2v) is 9.43. The van der Waals surface area contributed by atoms with Crippen LogP contribution in [0.15, 0.2) is 53.7 Å². The summed E-state index contributed by atoms with van der Waals surface area (Å²) in [6.45, 7) is 7.16. The predicted molar refractivity (Wildman–Crippen MR) is 130 cm³/mol. The second kappa shape index (κ2) is 8.48. The van der Waals surface area contributed by atoms with Gasteiger partial charge in [-0.3, -0.25) is 19.5 Å². The van der Waals surface area contributed by atoms with Crippen LogP contribution in [0.3, 0.4) is 0 Å². The highest BCUT2D eigenvalue weighted by molar-refractivity contribution is 6.05. The zero-order valence-corrected chi connectivity index (χ0v) is 19.0. The Morgan fingerprint density at radius 1 is 1.15 bits per heavy atom. The van der Waals surface area contributed by atoms with Crippen LogP contribution in [0.25, 0.3) is 21.7 Å². The molecule has 1 saturated heterocycles. The average Bonchev–Trinajstić information content (AvgIpc) is 3.19. The van der Waals surface area contributed by atoms with E-state index < -0.39 is 5.91 Å². The van der Waals surface area contributed by atoms with Crippen LogP contribution in [0.5, 0.6) is 0 Å². The van der Waals surface area contributed by atoms with Crippen molar-refractivity contribution in [3.05, 3.63) is 76.1 Å². The monoisotopic (exact) mass is 443 g/mol. The van der Waals surface area contributed by atoms with Crippen molar-refractivity contribution in [1.82, 2.24) is 19.4 Å². The van der Waals surface area contributed by atoms with E-state index in [0.717, 1.165) is 30.1 Å². The van der Waals surface area contributed by atoms with Crippen molar-refractivity contribution in [2.45, 2.75) is 45.8 Å². The number of benzene rings is 1. The Morgan fingerprint density at radius 3 is 2.79 bits per heavy atom. The largest absolute Gasteiger partial charge is 0.366 e. The lowest BCUT2D eigenvalue weighted by Crippen LogP contribution is -2.39. The zero-order chi connectivity index (χ0) is 23.1. The van der Waals surface area contributed by atoms with Gasteiger partial charge in [-0.05, 0) is 61.4 Å². The van der Waals surface area contributed by atoms with E-state index in [2.05, 4.69) is 53.0 Å². The summed E-state index contributed by atoms with van der Waals surface area (Å²) in [4.78, 5) is 34.8. The average molecular weight is 444 g/mol. The highest BCUT2D eigenvalue weighted by Gasteiger charge is 2.23. The van der Waals surface area contributed by atoms with Gasteiger partial charge < -0.3 is 15.3 Å². The molecule has 0 aliphatic carbocycles.